The van der Waals surface area contributed by atoms with Crippen LogP contribution in [-0.4, -0.2) is 29.3 Å². The predicted molar refractivity (Wildman–Crippen MR) is 78.1 cm³/mol. The lowest BCUT2D eigenvalue weighted by molar-refractivity contribution is -0.144. The van der Waals surface area contributed by atoms with Crippen molar-refractivity contribution in [3.63, 3.8) is 0 Å². The van der Waals surface area contributed by atoms with Gasteiger partial charge in [-0.2, -0.15) is 0 Å². The molecule has 4 nitrogen and oxygen atoms in total. The first-order chi connectivity index (χ1) is 9.92. The Kier molecular flexibility index (Phi) is 4.83. The highest BCUT2D eigenvalue weighted by Gasteiger charge is 2.37. The largest absolute Gasteiger partial charge is 0.491 e. The molecular formula is C16H22FNO3. The lowest BCUT2D eigenvalue weighted by Crippen LogP contribution is -2.50. The van der Waals surface area contributed by atoms with E-state index >= 15 is 0 Å². The third kappa shape index (κ3) is 4.17. The number of aryl methyl sites for hydroxylation is 1. The van der Waals surface area contributed by atoms with Gasteiger partial charge in [0.15, 0.2) is 11.6 Å². The number of carbonyl (C=O) groups is 1. The summed E-state index contributed by atoms with van der Waals surface area (Å²) in [5.41, 5.74) is -0.395. The number of carboxylic acids is 1. The van der Waals surface area contributed by atoms with Crippen LogP contribution < -0.4 is 10.1 Å². The van der Waals surface area contributed by atoms with Crippen molar-refractivity contribution in [1.29, 1.82) is 0 Å². The van der Waals surface area contributed by atoms with Gasteiger partial charge in [0.1, 0.15) is 5.54 Å². The van der Waals surface area contributed by atoms with Crippen molar-refractivity contribution in [2.45, 2.75) is 51.1 Å². The zero-order valence-corrected chi connectivity index (χ0v) is 12.5. The van der Waals surface area contributed by atoms with Gasteiger partial charge in [-0.25, -0.2) is 4.39 Å². The van der Waals surface area contributed by atoms with Crippen LogP contribution in [0.3, 0.4) is 0 Å². The van der Waals surface area contributed by atoms with Crippen LogP contribution in [0.1, 0.15) is 38.2 Å². The molecule has 2 N–H and O–H groups in total. The fraction of sp³-hybridized carbons (Fsp3) is 0.562. The molecule has 0 heterocycles. The highest BCUT2D eigenvalue weighted by atomic mass is 19.1. The number of halogens is 1. The van der Waals surface area contributed by atoms with E-state index in [9.17, 15) is 14.3 Å². The molecule has 0 aliphatic heterocycles. The molecule has 1 aromatic rings. The van der Waals surface area contributed by atoms with Crippen LogP contribution in [-0.2, 0) is 4.79 Å². The normalized spacial score (nSPS) is 17.3. The zero-order valence-electron chi connectivity index (χ0n) is 12.5. The second-order valence-electron chi connectivity index (χ2n) is 5.89. The molecule has 116 valence electrons. The molecule has 1 aliphatic rings. The van der Waals surface area contributed by atoms with Crippen molar-refractivity contribution in [2.75, 3.05) is 6.61 Å². The third-order valence-corrected chi connectivity index (χ3v) is 3.81. The van der Waals surface area contributed by atoms with E-state index < -0.39 is 11.5 Å². The molecule has 0 amide bonds. The van der Waals surface area contributed by atoms with Gasteiger partial charge in [0, 0.05) is 6.04 Å². The standard InChI is InChI=1S/C16H22FNO3/c1-11-5-3-6-13(14(11)17)21-10-4-9-16(2,15(19)20)18-12-7-8-12/h3,5-6,12,18H,4,7-10H2,1-2H3,(H,19,20). The van der Waals surface area contributed by atoms with Gasteiger partial charge in [-0.3, -0.25) is 10.1 Å². The van der Waals surface area contributed by atoms with E-state index in [2.05, 4.69) is 5.32 Å². The van der Waals surface area contributed by atoms with Gasteiger partial charge in [0.25, 0.3) is 0 Å². The zero-order chi connectivity index (χ0) is 15.5. The first kappa shape index (κ1) is 15.8. The minimum Gasteiger partial charge on any atom is -0.491 e. The maximum Gasteiger partial charge on any atom is 0.323 e. The van der Waals surface area contributed by atoms with Crippen molar-refractivity contribution in [1.82, 2.24) is 5.32 Å². The summed E-state index contributed by atoms with van der Waals surface area (Å²) in [4.78, 5) is 11.4. The van der Waals surface area contributed by atoms with Crippen LogP contribution in [0, 0.1) is 12.7 Å². The first-order valence-corrected chi connectivity index (χ1v) is 7.31. The average molecular weight is 295 g/mol. The molecule has 1 fully saturated rings. The molecule has 0 bridgehead atoms. The van der Waals surface area contributed by atoms with Crippen LogP contribution in [0.4, 0.5) is 4.39 Å². The second-order valence-corrected chi connectivity index (χ2v) is 5.89. The fourth-order valence-electron chi connectivity index (χ4n) is 2.26. The number of hydrogen-bond acceptors (Lipinski definition) is 3. The summed E-state index contributed by atoms with van der Waals surface area (Å²) in [6, 6.07) is 5.33. The van der Waals surface area contributed by atoms with E-state index in [4.69, 9.17) is 4.74 Å². The highest BCUT2D eigenvalue weighted by Crippen LogP contribution is 2.25. The topological polar surface area (TPSA) is 58.6 Å². The van der Waals surface area contributed by atoms with Crippen molar-refractivity contribution < 1.29 is 19.0 Å². The van der Waals surface area contributed by atoms with E-state index in [0.29, 0.717) is 31.1 Å². The average Bonchev–Trinajstić information content (AvgIpc) is 3.23. The molecule has 1 aliphatic carbocycles. The van der Waals surface area contributed by atoms with Gasteiger partial charge in [0.2, 0.25) is 0 Å². The van der Waals surface area contributed by atoms with Gasteiger partial charge in [-0.1, -0.05) is 12.1 Å². The summed E-state index contributed by atoms with van der Waals surface area (Å²) in [5.74, 6) is -0.979. The SMILES string of the molecule is Cc1cccc(OCCCC(C)(NC2CC2)C(=O)O)c1F. The molecule has 0 aromatic heterocycles. The molecule has 2 rings (SSSR count). The lowest BCUT2D eigenvalue weighted by Gasteiger charge is -2.26. The smallest absolute Gasteiger partial charge is 0.323 e. The molecule has 21 heavy (non-hydrogen) atoms. The van der Waals surface area contributed by atoms with Crippen molar-refractivity contribution >= 4 is 5.97 Å². The quantitative estimate of drug-likeness (QED) is 0.724. The van der Waals surface area contributed by atoms with Crippen LogP contribution in [0.25, 0.3) is 0 Å². The number of rotatable bonds is 8. The summed E-state index contributed by atoms with van der Waals surface area (Å²) in [6.07, 6.45) is 3.07. The molecule has 1 aromatic carbocycles. The second kappa shape index (κ2) is 6.43. The summed E-state index contributed by atoms with van der Waals surface area (Å²) in [5, 5.41) is 12.5. The summed E-state index contributed by atoms with van der Waals surface area (Å²) < 4.78 is 19.2. The fourth-order valence-corrected chi connectivity index (χ4v) is 2.26. The number of aliphatic carboxylic acids is 1. The van der Waals surface area contributed by atoms with E-state index in [1.165, 1.54) is 0 Å². The molecule has 0 radical (unpaired) electrons. The Hall–Kier alpha value is -1.62. The van der Waals surface area contributed by atoms with Gasteiger partial charge < -0.3 is 9.84 Å². The number of ether oxygens (including phenoxy) is 1. The van der Waals surface area contributed by atoms with E-state index in [1.54, 1.807) is 32.0 Å². The molecule has 1 saturated carbocycles. The van der Waals surface area contributed by atoms with E-state index in [1.807, 2.05) is 0 Å². The summed E-state index contributed by atoms with van der Waals surface area (Å²) in [7, 11) is 0. The first-order valence-electron chi connectivity index (χ1n) is 7.31. The minimum absolute atomic E-state index is 0.224. The Labute approximate surface area is 124 Å². The van der Waals surface area contributed by atoms with Crippen LogP contribution >= 0.6 is 0 Å². The maximum absolute atomic E-state index is 13.7. The molecule has 5 heteroatoms. The van der Waals surface area contributed by atoms with Gasteiger partial charge in [-0.15, -0.1) is 0 Å². The Balaban J connectivity index is 1.82. The van der Waals surface area contributed by atoms with Gasteiger partial charge >= 0.3 is 5.97 Å². The van der Waals surface area contributed by atoms with Gasteiger partial charge in [-0.05, 0) is 51.2 Å². The third-order valence-electron chi connectivity index (χ3n) is 3.81. The lowest BCUT2D eigenvalue weighted by atomic mass is 9.96. The number of nitrogens with one attached hydrogen (secondary N) is 1. The number of hydrogen-bond donors (Lipinski definition) is 2. The van der Waals surface area contributed by atoms with Crippen LogP contribution in [0.2, 0.25) is 0 Å². The van der Waals surface area contributed by atoms with E-state index in [0.717, 1.165) is 12.8 Å². The van der Waals surface area contributed by atoms with Crippen molar-refractivity contribution in [3.05, 3.63) is 29.6 Å². The molecule has 1 unspecified atom stereocenters. The molecule has 0 spiro atoms. The molecule has 0 saturated heterocycles. The monoisotopic (exact) mass is 295 g/mol. The summed E-state index contributed by atoms with van der Waals surface area (Å²) in [6.45, 7) is 3.68. The Morgan fingerprint density at radius 1 is 1.52 bits per heavy atom. The van der Waals surface area contributed by atoms with Crippen molar-refractivity contribution in [3.8, 4) is 5.75 Å². The number of carboxylic acid groups (broad SMARTS) is 1. The Morgan fingerprint density at radius 3 is 2.86 bits per heavy atom. The van der Waals surface area contributed by atoms with Crippen molar-refractivity contribution in [2.24, 2.45) is 0 Å². The predicted octanol–water partition coefficient (Wildman–Crippen LogP) is 2.89. The van der Waals surface area contributed by atoms with Crippen LogP contribution in [0.15, 0.2) is 18.2 Å². The highest BCUT2D eigenvalue weighted by molar-refractivity contribution is 5.78. The van der Waals surface area contributed by atoms with Gasteiger partial charge in [0.05, 0.1) is 6.61 Å². The van der Waals surface area contributed by atoms with Crippen LogP contribution in [0.5, 0.6) is 5.75 Å². The molecular weight excluding hydrogens is 273 g/mol. The number of benzene rings is 1. The minimum atomic E-state index is -0.935. The molecule has 1 atom stereocenters. The summed E-state index contributed by atoms with van der Waals surface area (Å²) >= 11 is 0. The maximum atomic E-state index is 13.7. The van der Waals surface area contributed by atoms with E-state index in [-0.39, 0.29) is 11.6 Å². The Bertz CT molecular complexity index is 516. The Morgan fingerprint density at radius 2 is 2.24 bits per heavy atom.